The van der Waals surface area contributed by atoms with E-state index in [1.165, 1.54) is 24.3 Å². The molecule has 0 aliphatic carbocycles. The third-order valence-corrected chi connectivity index (χ3v) is 6.95. The van der Waals surface area contributed by atoms with Gasteiger partial charge in [0.15, 0.2) is 17.3 Å². The second-order valence-corrected chi connectivity index (χ2v) is 10.7. The Balaban J connectivity index is 1.25. The molecular weight excluding hydrogens is 474 g/mol. The van der Waals surface area contributed by atoms with Gasteiger partial charge in [0.25, 0.3) is 0 Å². The molecule has 0 aromatic heterocycles. The number of hydrogen-bond donors (Lipinski definition) is 1. The first-order chi connectivity index (χ1) is 17.7. The zero-order valence-electron chi connectivity index (χ0n) is 21.4. The van der Waals surface area contributed by atoms with Crippen molar-refractivity contribution in [2.24, 2.45) is 0 Å². The fourth-order valence-electron chi connectivity index (χ4n) is 4.99. The normalized spacial score (nSPS) is 16.6. The van der Waals surface area contributed by atoms with Crippen LogP contribution in [0.4, 0.5) is 8.78 Å². The van der Waals surface area contributed by atoms with Crippen LogP contribution in [0.2, 0.25) is 0 Å². The number of hydrogen-bond acceptors (Lipinski definition) is 5. The van der Waals surface area contributed by atoms with Crippen LogP contribution in [0, 0.1) is 11.6 Å². The zero-order valence-corrected chi connectivity index (χ0v) is 21.4. The molecule has 194 valence electrons. The van der Waals surface area contributed by atoms with Crippen molar-refractivity contribution in [3.8, 4) is 17.2 Å². The smallest absolute Gasteiger partial charge is 0.173 e. The van der Waals surface area contributed by atoms with Gasteiger partial charge < -0.3 is 14.6 Å². The maximum Gasteiger partial charge on any atom is 0.173 e. The van der Waals surface area contributed by atoms with E-state index in [1.807, 2.05) is 26.8 Å². The molecule has 0 bridgehead atoms. The van der Waals surface area contributed by atoms with Gasteiger partial charge in [0.05, 0.1) is 12.6 Å². The quantitative estimate of drug-likeness (QED) is 0.461. The van der Waals surface area contributed by atoms with Crippen LogP contribution in [0.3, 0.4) is 0 Å². The Morgan fingerprint density at radius 1 is 0.838 bits per heavy atom. The Labute approximate surface area is 216 Å². The number of benzene rings is 3. The lowest BCUT2D eigenvalue weighted by atomic mass is 9.86. The maximum absolute atomic E-state index is 13.6. The number of ether oxygens (including phenoxy) is 2. The fraction of sp³-hybridized carbons (Fsp3) is 0.333. The number of fused-ring (bicyclic) bond motifs is 1. The van der Waals surface area contributed by atoms with Crippen molar-refractivity contribution in [2.75, 3.05) is 32.7 Å². The minimum absolute atomic E-state index is 0.0938. The number of nitrogens with zero attached hydrogens (tertiary/aromatic N) is 2. The van der Waals surface area contributed by atoms with Gasteiger partial charge >= 0.3 is 0 Å². The van der Waals surface area contributed by atoms with E-state index >= 15 is 0 Å². The van der Waals surface area contributed by atoms with E-state index in [1.54, 1.807) is 36.6 Å². The summed E-state index contributed by atoms with van der Waals surface area (Å²) in [7, 11) is 0. The molecule has 5 rings (SSSR count). The highest BCUT2D eigenvalue weighted by Gasteiger charge is 2.29. The van der Waals surface area contributed by atoms with Crippen LogP contribution >= 0.6 is 0 Å². The van der Waals surface area contributed by atoms with Crippen LogP contribution in [-0.4, -0.2) is 47.6 Å². The summed E-state index contributed by atoms with van der Waals surface area (Å²) in [5.41, 5.74) is 2.53. The lowest BCUT2D eigenvalue weighted by Crippen LogP contribution is -2.48. The van der Waals surface area contributed by atoms with Gasteiger partial charge in [0.2, 0.25) is 0 Å². The lowest BCUT2D eigenvalue weighted by molar-refractivity contribution is 0.107. The number of rotatable bonds is 5. The molecule has 0 spiro atoms. The van der Waals surface area contributed by atoms with E-state index in [0.717, 1.165) is 42.9 Å². The van der Waals surface area contributed by atoms with Crippen LogP contribution < -0.4 is 9.47 Å². The summed E-state index contributed by atoms with van der Waals surface area (Å²) in [6, 6.07) is 16.4. The highest BCUT2D eigenvalue weighted by atomic mass is 19.1. The SMILES string of the molecule is CC(C)(C)c1cc2c(cc1O)OC(CN1CCN(C(c3ccc(F)cc3)c3ccc(F)cc3)CC1)=CO2. The zero-order chi connectivity index (χ0) is 26.2. The molecule has 0 unspecified atom stereocenters. The van der Waals surface area contributed by atoms with E-state index in [9.17, 15) is 13.9 Å². The molecule has 0 radical (unpaired) electrons. The largest absolute Gasteiger partial charge is 0.508 e. The van der Waals surface area contributed by atoms with Gasteiger partial charge in [-0.3, -0.25) is 9.80 Å². The fourth-order valence-corrected chi connectivity index (χ4v) is 4.99. The van der Waals surface area contributed by atoms with Crippen molar-refractivity contribution >= 4 is 0 Å². The van der Waals surface area contributed by atoms with E-state index in [4.69, 9.17) is 9.47 Å². The van der Waals surface area contributed by atoms with E-state index in [2.05, 4.69) is 9.80 Å². The predicted molar refractivity (Wildman–Crippen MR) is 139 cm³/mol. The predicted octanol–water partition coefficient (Wildman–Crippen LogP) is 5.99. The van der Waals surface area contributed by atoms with Crippen molar-refractivity contribution in [1.29, 1.82) is 0 Å². The van der Waals surface area contributed by atoms with Gasteiger partial charge in [-0.15, -0.1) is 0 Å². The maximum atomic E-state index is 13.6. The molecule has 0 saturated carbocycles. The van der Waals surface area contributed by atoms with E-state index < -0.39 is 0 Å². The number of phenols is 1. The summed E-state index contributed by atoms with van der Waals surface area (Å²) in [5, 5.41) is 10.5. The molecule has 1 N–H and O–H groups in total. The summed E-state index contributed by atoms with van der Waals surface area (Å²) < 4.78 is 39.1. The van der Waals surface area contributed by atoms with Gasteiger partial charge in [0.1, 0.15) is 23.6 Å². The average molecular weight is 507 g/mol. The second-order valence-electron chi connectivity index (χ2n) is 10.7. The third-order valence-electron chi connectivity index (χ3n) is 6.95. The van der Waals surface area contributed by atoms with Crippen LogP contribution in [0.25, 0.3) is 0 Å². The third kappa shape index (κ3) is 5.63. The highest BCUT2D eigenvalue weighted by Crippen LogP contribution is 2.42. The van der Waals surface area contributed by atoms with Crippen LogP contribution in [-0.2, 0) is 5.41 Å². The monoisotopic (exact) mass is 506 g/mol. The first-order valence-corrected chi connectivity index (χ1v) is 12.6. The van der Waals surface area contributed by atoms with Gasteiger partial charge in [-0.2, -0.15) is 0 Å². The Morgan fingerprint density at radius 3 is 1.95 bits per heavy atom. The molecule has 3 aromatic rings. The molecule has 2 heterocycles. The minimum atomic E-state index is -0.279. The van der Waals surface area contributed by atoms with Gasteiger partial charge in [-0.05, 0) is 46.9 Å². The minimum Gasteiger partial charge on any atom is -0.508 e. The second kappa shape index (κ2) is 10.1. The first kappa shape index (κ1) is 25.2. The molecule has 2 aliphatic rings. The summed E-state index contributed by atoms with van der Waals surface area (Å²) >= 11 is 0. The molecule has 3 aromatic carbocycles. The van der Waals surface area contributed by atoms with E-state index in [-0.39, 0.29) is 28.8 Å². The average Bonchev–Trinajstić information content (AvgIpc) is 2.86. The number of aromatic hydroxyl groups is 1. The van der Waals surface area contributed by atoms with Crippen molar-refractivity contribution in [3.63, 3.8) is 0 Å². The molecule has 0 atom stereocenters. The van der Waals surface area contributed by atoms with Crippen molar-refractivity contribution in [1.82, 2.24) is 9.80 Å². The molecular formula is C30H32F2N2O3. The van der Waals surface area contributed by atoms with Crippen LogP contribution in [0.1, 0.15) is 43.5 Å². The Hall–Kier alpha value is -3.42. The molecule has 5 nitrogen and oxygen atoms in total. The molecule has 37 heavy (non-hydrogen) atoms. The molecule has 1 fully saturated rings. The summed E-state index contributed by atoms with van der Waals surface area (Å²) in [6.45, 7) is 9.83. The van der Waals surface area contributed by atoms with E-state index in [0.29, 0.717) is 23.8 Å². The van der Waals surface area contributed by atoms with Crippen molar-refractivity contribution < 1.29 is 23.4 Å². The summed E-state index contributed by atoms with van der Waals surface area (Å²) in [4.78, 5) is 4.62. The lowest BCUT2D eigenvalue weighted by Gasteiger charge is -2.40. The first-order valence-electron chi connectivity index (χ1n) is 12.6. The Morgan fingerprint density at radius 2 is 1.41 bits per heavy atom. The number of halogens is 2. The molecule has 0 amide bonds. The number of piperazine rings is 1. The van der Waals surface area contributed by atoms with Crippen LogP contribution in [0.15, 0.2) is 72.7 Å². The Bertz CT molecular complexity index is 1230. The number of phenolic OH excluding ortho intramolecular Hbond substituents is 1. The topological polar surface area (TPSA) is 45.2 Å². The molecule has 1 saturated heterocycles. The van der Waals surface area contributed by atoms with Gasteiger partial charge in [-0.1, -0.05) is 45.0 Å². The molecule has 7 heteroatoms. The highest BCUT2D eigenvalue weighted by molar-refractivity contribution is 5.54. The van der Waals surface area contributed by atoms with Gasteiger partial charge in [0, 0.05) is 37.8 Å². The Kier molecular flexibility index (Phi) is 6.92. The standard InChI is InChI=1S/C30H32F2N2O3/c1-30(2,3)25-16-27-28(17-26(25)35)37-24(19-36-27)18-33-12-14-34(15-13-33)29(20-4-8-22(31)9-5-20)21-6-10-23(32)11-7-21/h4-11,16-17,19,29,35H,12-15,18H2,1-3H3. The van der Waals surface area contributed by atoms with Crippen molar-refractivity contribution in [2.45, 2.75) is 32.2 Å². The van der Waals surface area contributed by atoms with Crippen LogP contribution in [0.5, 0.6) is 17.2 Å². The van der Waals surface area contributed by atoms with Crippen molar-refractivity contribution in [3.05, 3.63) is 101 Å². The summed E-state index contributed by atoms with van der Waals surface area (Å²) in [5.74, 6) is 1.42. The van der Waals surface area contributed by atoms with Gasteiger partial charge in [-0.25, -0.2) is 8.78 Å². The molecule has 2 aliphatic heterocycles. The summed E-state index contributed by atoms with van der Waals surface area (Å²) in [6.07, 6.45) is 1.64.